The third-order valence-electron chi connectivity index (χ3n) is 3.58. The van der Waals surface area contributed by atoms with Gasteiger partial charge in [-0.2, -0.15) is 5.10 Å². The molecule has 0 aliphatic carbocycles. The van der Waals surface area contributed by atoms with Crippen LogP contribution < -0.4 is 0 Å². The van der Waals surface area contributed by atoms with Crippen LogP contribution in [0, 0.1) is 13.8 Å². The number of carboxylic acids is 1. The minimum absolute atomic E-state index is 0.540. The second-order valence-corrected chi connectivity index (χ2v) is 5.54. The van der Waals surface area contributed by atoms with Gasteiger partial charge in [0.25, 0.3) is 0 Å². The van der Waals surface area contributed by atoms with Crippen LogP contribution in [-0.2, 0) is 18.4 Å². The van der Waals surface area contributed by atoms with Gasteiger partial charge in [0.1, 0.15) is 6.04 Å². The van der Waals surface area contributed by atoms with Crippen molar-refractivity contribution in [3.8, 4) is 0 Å². The molecule has 0 saturated heterocycles. The van der Waals surface area contributed by atoms with E-state index in [1.165, 1.54) is 0 Å². The zero-order valence-electron chi connectivity index (χ0n) is 12.9. The maximum absolute atomic E-state index is 11.7. The highest BCUT2D eigenvalue weighted by atomic mass is 16.4. The van der Waals surface area contributed by atoms with Crippen molar-refractivity contribution in [3.63, 3.8) is 0 Å². The van der Waals surface area contributed by atoms with Crippen molar-refractivity contribution < 1.29 is 9.90 Å². The minimum Gasteiger partial charge on any atom is -0.480 e. The maximum Gasteiger partial charge on any atom is 0.325 e. The Morgan fingerprint density at radius 1 is 1.43 bits per heavy atom. The fraction of sp³-hybridized carbons (Fsp3) is 0.375. The molecule has 0 amide bonds. The molecule has 0 bridgehead atoms. The number of benzene rings is 1. The summed E-state index contributed by atoms with van der Waals surface area (Å²) in [6.45, 7) is 4.50. The Balaban J connectivity index is 2.27. The van der Waals surface area contributed by atoms with E-state index in [0.29, 0.717) is 6.54 Å². The highest BCUT2D eigenvalue weighted by Crippen LogP contribution is 2.25. The molecule has 0 spiro atoms. The zero-order valence-corrected chi connectivity index (χ0v) is 12.9. The summed E-state index contributed by atoms with van der Waals surface area (Å²) in [4.78, 5) is 13.5. The lowest BCUT2D eigenvalue weighted by Gasteiger charge is -2.26. The Bertz CT molecular complexity index is 649. The fourth-order valence-corrected chi connectivity index (χ4v) is 2.62. The minimum atomic E-state index is -0.839. The molecule has 0 aliphatic heterocycles. The summed E-state index contributed by atoms with van der Waals surface area (Å²) in [6.07, 6.45) is 3.66. The van der Waals surface area contributed by atoms with Crippen LogP contribution >= 0.6 is 0 Å². The number of hydrogen-bond donors (Lipinski definition) is 1. The van der Waals surface area contributed by atoms with E-state index in [1.54, 1.807) is 10.9 Å². The van der Waals surface area contributed by atoms with Gasteiger partial charge in [-0.25, -0.2) is 0 Å². The molecule has 2 rings (SSSR count). The number of rotatable bonds is 5. The predicted molar refractivity (Wildman–Crippen MR) is 81.0 cm³/mol. The lowest BCUT2D eigenvalue weighted by molar-refractivity contribution is -0.143. The molecule has 1 aromatic carbocycles. The van der Waals surface area contributed by atoms with Crippen molar-refractivity contribution in [2.75, 3.05) is 7.05 Å². The number of carbonyl (C=O) groups is 1. The largest absolute Gasteiger partial charge is 0.480 e. The average Bonchev–Trinajstić information content (AvgIpc) is 2.77. The van der Waals surface area contributed by atoms with Crippen LogP contribution in [-0.4, -0.2) is 32.8 Å². The summed E-state index contributed by atoms with van der Waals surface area (Å²) in [5, 5.41) is 13.7. The molecule has 21 heavy (non-hydrogen) atoms. The number of aromatic nitrogens is 2. The van der Waals surface area contributed by atoms with E-state index in [4.69, 9.17) is 0 Å². The SMILES string of the molecule is Cc1ccc([C@@H](C(=O)O)N(C)Cc2cnn(C)c2)c(C)c1. The van der Waals surface area contributed by atoms with Gasteiger partial charge in [0, 0.05) is 25.4 Å². The normalized spacial score (nSPS) is 12.6. The molecule has 1 heterocycles. The molecule has 0 radical (unpaired) electrons. The lowest BCUT2D eigenvalue weighted by Crippen LogP contribution is -2.31. The van der Waals surface area contributed by atoms with E-state index in [-0.39, 0.29) is 0 Å². The Kier molecular flexibility index (Phi) is 4.43. The Morgan fingerprint density at radius 3 is 2.67 bits per heavy atom. The molecule has 5 nitrogen and oxygen atoms in total. The first-order valence-corrected chi connectivity index (χ1v) is 6.86. The molecule has 0 fully saturated rings. The number of likely N-dealkylation sites (N-methyl/N-ethyl adjacent to an activating group) is 1. The predicted octanol–water partition coefficient (Wildman–Crippen LogP) is 2.29. The van der Waals surface area contributed by atoms with E-state index in [0.717, 1.165) is 22.3 Å². The number of carboxylic acid groups (broad SMARTS) is 1. The van der Waals surface area contributed by atoms with Gasteiger partial charge in [-0.15, -0.1) is 0 Å². The zero-order chi connectivity index (χ0) is 15.6. The van der Waals surface area contributed by atoms with Crippen LogP contribution in [0.1, 0.15) is 28.3 Å². The third kappa shape index (κ3) is 3.49. The molecule has 2 aromatic rings. The first kappa shape index (κ1) is 15.3. The van der Waals surface area contributed by atoms with E-state index < -0.39 is 12.0 Å². The van der Waals surface area contributed by atoms with Crippen molar-refractivity contribution in [1.29, 1.82) is 0 Å². The van der Waals surface area contributed by atoms with Gasteiger partial charge in [0.15, 0.2) is 0 Å². The van der Waals surface area contributed by atoms with Crippen LogP contribution in [0.3, 0.4) is 0 Å². The molecule has 1 N–H and O–H groups in total. The molecule has 0 aliphatic rings. The van der Waals surface area contributed by atoms with Crippen molar-refractivity contribution >= 4 is 5.97 Å². The standard InChI is InChI=1S/C16H21N3O2/c1-11-5-6-14(12(2)7-11)15(16(20)21)18(3)9-13-8-17-19(4)10-13/h5-8,10,15H,9H2,1-4H3,(H,20,21)/t15-/m0/s1. The van der Waals surface area contributed by atoms with Crippen molar-refractivity contribution in [1.82, 2.24) is 14.7 Å². The van der Waals surface area contributed by atoms with E-state index >= 15 is 0 Å². The Labute approximate surface area is 124 Å². The first-order chi connectivity index (χ1) is 9.88. The number of aryl methyl sites for hydroxylation is 3. The summed E-state index contributed by atoms with van der Waals surface area (Å²) in [7, 11) is 3.67. The van der Waals surface area contributed by atoms with Crippen LogP contribution in [0.15, 0.2) is 30.6 Å². The van der Waals surface area contributed by atoms with Gasteiger partial charge in [-0.3, -0.25) is 14.4 Å². The van der Waals surface area contributed by atoms with Gasteiger partial charge in [0.2, 0.25) is 0 Å². The fourth-order valence-electron chi connectivity index (χ4n) is 2.62. The van der Waals surface area contributed by atoms with E-state index in [9.17, 15) is 9.90 Å². The van der Waals surface area contributed by atoms with Gasteiger partial charge in [-0.05, 0) is 32.0 Å². The first-order valence-electron chi connectivity index (χ1n) is 6.86. The van der Waals surface area contributed by atoms with Crippen LogP contribution in [0.2, 0.25) is 0 Å². The topological polar surface area (TPSA) is 58.4 Å². The second-order valence-electron chi connectivity index (χ2n) is 5.54. The summed E-state index contributed by atoms with van der Waals surface area (Å²) in [5.74, 6) is -0.839. The molecular weight excluding hydrogens is 266 g/mol. The summed E-state index contributed by atoms with van der Waals surface area (Å²) in [6, 6.07) is 5.22. The van der Waals surface area contributed by atoms with E-state index in [2.05, 4.69) is 5.10 Å². The maximum atomic E-state index is 11.7. The van der Waals surface area contributed by atoms with Gasteiger partial charge in [0.05, 0.1) is 6.20 Å². The summed E-state index contributed by atoms with van der Waals surface area (Å²) in [5.41, 5.74) is 3.96. The smallest absolute Gasteiger partial charge is 0.325 e. The van der Waals surface area contributed by atoms with Crippen LogP contribution in [0.5, 0.6) is 0 Å². The Hall–Kier alpha value is -2.14. The average molecular weight is 287 g/mol. The molecule has 1 atom stereocenters. The molecule has 0 unspecified atom stereocenters. The van der Waals surface area contributed by atoms with Crippen molar-refractivity contribution in [3.05, 3.63) is 52.8 Å². The van der Waals surface area contributed by atoms with Crippen LogP contribution in [0.4, 0.5) is 0 Å². The van der Waals surface area contributed by atoms with Crippen molar-refractivity contribution in [2.24, 2.45) is 7.05 Å². The number of hydrogen-bond acceptors (Lipinski definition) is 3. The second kappa shape index (κ2) is 6.10. The van der Waals surface area contributed by atoms with Gasteiger partial charge < -0.3 is 5.11 Å². The van der Waals surface area contributed by atoms with Crippen LogP contribution in [0.25, 0.3) is 0 Å². The quantitative estimate of drug-likeness (QED) is 0.916. The van der Waals surface area contributed by atoms with Gasteiger partial charge in [-0.1, -0.05) is 23.8 Å². The van der Waals surface area contributed by atoms with Crippen molar-refractivity contribution in [2.45, 2.75) is 26.4 Å². The highest BCUT2D eigenvalue weighted by molar-refractivity contribution is 5.76. The summed E-state index contributed by atoms with van der Waals surface area (Å²) < 4.78 is 1.72. The third-order valence-corrected chi connectivity index (χ3v) is 3.58. The monoisotopic (exact) mass is 287 g/mol. The highest BCUT2D eigenvalue weighted by Gasteiger charge is 2.26. The molecular formula is C16H21N3O2. The van der Waals surface area contributed by atoms with E-state index in [1.807, 2.05) is 57.2 Å². The molecule has 0 saturated carbocycles. The Morgan fingerprint density at radius 2 is 2.14 bits per heavy atom. The summed E-state index contributed by atoms with van der Waals surface area (Å²) >= 11 is 0. The van der Waals surface area contributed by atoms with Gasteiger partial charge >= 0.3 is 5.97 Å². The molecule has 112 valence electrons. The molecule has 1 aromatic heterocycles. The lowest BCUT2D eigenvalue weighted by atomic mass is 9.98. The number of aliphatic carboxylic acids is 1. The molecule has 5 heteroatoms. The number of nitrogens with zero attached hydrogens (tertiary/aromatic N) is 3.